The number of fused-ring (bicyclic) bond motifs is 1. The molecule has 4 rings (SSSR count). The Morgan fingerprint density at radius 1 is 1.28 bits per heavy atom. The number of hydroxylamine groups is 1. The number of nitrogens with zero attached hydrogens (tertiary/aromatic N) is 2. The van der Waals surface area contributed by atoms with Gasteiger partial charge in [-0.15, -0.1) is 0 Å². The molecular formula is C22H30N4O3. The van der Waals surface area contributed by atoms with E-state index in [0.717, 1.165) is 41.4 Å². The van der Waals surface area contributed by atoms with Gasteiger partial charge in [-0.2, -0.15) is 5.48 Å². The fourth-order valence-electron chi connectivity index (χ4n) is 4.73. The summed E-state index contributed by atoms with van der Waals surface area (Å²) in [5.74, 6) is 0.489. The maximum absolute atomic E-state index is 13.1. The Hall–Kier alpha value is -2.25. The van der Waals surface area contributed by atoms with E-state index >= 15 is 0 Å². The number of rotatable bonds is 3. The highest BCUT2D eigenvalue weighted by molar-refractivity contribution is 5.82. The van der Waals surface area contributed by atoms with Crippen LogP contribution in [0.2, 0.25) is 0 Å². The zero-order valence-electron chi connectivity index (χ0n) is 17.6. The maximum Gasteiger partial charge on any atom is 0.254 e. The van der Waals surface area contributed by atoms with Crippen LogP contribution >= 0.6 is 0 Å². The van der Waals surface area contributed by atoms with Gasteiger partial charge in [-0.3, -0.25) is 19.4 Å². The molecule has 3 heterocycles. The molecule has 2 fully saturated rings. The molecule has 7 heteroatoms. The molecule has 2 aliphatic rings. The van der Waals surface area contributed by atoms with Gasteiger partial charge in [0.15, 0.2) is 0 Å². The van der Waals surface area contributed by atoms with E-state index in [9.17, 15) is 9.59 Å². The predicted molar refractivity (Wildman–Crippen MR) is 111 cm³/mol. The molecule has 1 aliphatic heterocycles. The summed E-state index contributed by atoms with van der Waals surface area (Å²) >= 11 is 0. The number of nitrogens with one attached hydrogen (secondary N) is 2. The fraction of sp³-hybridized carbons (Fsp3) is 0.591. The molecule has 2 aromatic rings. The molecule has 5 atom stereocenters. The van der Waals surface area contributed by atoms with E-state index in [2.05, 4.69) is 22.7 Å². The second-order valence-corrected chi connectivity index (χ2v) is 8.79. The second-order valence-electron chi connectivity index (χ2n) is 8.79. The van der Waals surface area contributed by atoms with E-state index in [4.69, 9.17) is 4.84 Å². The van der Waals surface area contributed by atoms with Crippen LogP contribution in [-0.2, 0) is 16.7 Å². The lowest BCUT2D eigenvalue weighted by Crippen LogP contribution is -2.47. The van der Waals surface area contributed by atoms with E-state index in [1.165, 1.54) is 0 Å². The minimum Gasteiger partial charge on any atom is -0.352 e. The summed E-state index contributed by atoms with van der Waals surface area (Å²) < 4.78 is 1.73. The third-order valence-electron chi connectivity index (χ3n) is 6.51. The standard InChI is InChI=1S/C22H30N4O3/c1-12-5-6-16(24-21(27)19-8-14(3)29-25-19)10-17(12)18-9-15-11-23-13(2)7-20(15)26(4)22(18)28/h7,9,11-12,14,16-17,19,25H,5-6,8,10H2,1-4H3,(H,24,27). The Labute approximate surface area is 170 Å². The van der Waals surface area contributed by atoms with Crippen LogP contribution in [-0.4, -0.2) is 33.6 Å². The molecular weight excluding hydrogens is 368 g/mol. The number of carbonyl (C=O) groups is 1. The van der Waals surface area contributed by atoms with Crippen molar-refractivity contribution in [2.75, 3.05) is 0 Å². The molecule has 1 saturated carbocycles. The quantitative estimate of drug-likeness (QED) is 0.829. The topological polar surface area (TPSA) is 85.2 Å². The highest BCUT2D eigenvalue weighted by Crippen LogP contribution is 2.37. The zero-order chi connectivity index (χ0) is 20.7. The van der Waals surface area contributed by atoms with Crippen molar-refractivity contribution in [2.24, 2.45) is 13.0 Å². The molecule has 2 aromatic heterocycles. The van der Waals surface area contributed by atoms with Gasteiger partial charge in [0.2, 0.25) is 5.91 Å². The summed E-state index contributed by atoms with van der Waals surface area (Å²) in [6.07, 6.45) is 5.25. The van der Waals surface area contributed by atoms with E-state index in [0.29, 0.717) is 12.3 Å². The van der Waals surface area contributed by atoms with E-state index < -0.39 is 0 Å². The van der Waals surface area contributed by atoms with Gasteiger partial charge in [-0.1, -0.05) is 6.92 Å². The Balaban J connectivity index is 1.57. The Morgan fingerprint density at radius 2 is 2.07 bits per heavy atom. The highest BCUT2D eigenvalue weighted by Gasteiger charge is 2.34. The van der Waals surface area contributed by atoms with E-state index in [-0.39, 0.29) is 35.6 Å². The molecule has 5 unspecified atom stereocenters. The van der Waals surface area contributed by atoms with Crippen LogP contribution in [0.3, 0.4) is 0 Å². The molecule has 156 valence electrons. The van der Waals surface area contributed by atoms with Gasteiger partial charge in [0.1, 0.15) is 6.04 Å². The first-order valence-electron chi connectivity index (χ1n) is 10.5. The van der Waals surface area contributed by atoms with Gasteiger partial charge < -0.3 is 9.88 Å². The average Bonchev–Trinajstić information content (AvgIpc) is 3.13. The van der Waals surface area contributed by atoms with Crippen LogP contribution in [0.4, 0.5) is 0 Å². The SMILES string of the molecule is Cc1cc2c(cn1)cc(C1CC(NC(=O)C3CC(C)ON3)CCC1C)c(=O)n2C. The third kappa shape index (κ3) is 3.94. The van der Waals surface area contributed by atoms with Crippen molar-refractivity contribution in [3.8, 4) is 0 Å². The molecule has 1 aliphatic carbocycles. The number of carbonyl (C=O) groups excluding carboxylic acids is 1. The normalized spacial score (nSPS) is 29.9. The molecule has 7 nitrogen and oxygen atoms in total. The first-order valence-corrected chi connectivity index (χ1v) is 10.5. The monoisotopic (exact) mass is 398 g/mol. The highest BCUT2D eigenvalue weighted by atomic mass is 16.7. The largest absolute Gasteiger partial charge is 0.352 e. The summed E-state index contributed by atoms with van der Waals surface area (Å²) in [7, 11) is 1.83. The van der Waals surface area contributed by atoms with Crippen molar-refractivity contribution in [1.29, 1.82) is 0 Å². The average molecular weight is 399 g/mol. The minimum atomic E-state index is -0.300. The molecule has 0 bridgehead atoms. The molecule has 29 heavy (non-hydrogen) atoms. The molecule has 0 radical (unpaired) electrons. The van der Waals surface area contributed by atoms with Gasteiger partial charge in [0, 0.05) is 42.4 Å². The Kier molecular flexibility index (Phi) is 5.44. The number of amides is 1. The van der Waals surface area contributed by atoms with Crippen LogP contribution in [0.5, 0.6) is 0 Å². The summed E-state index contributed by atoms with van der Waals surface area (Å²) in [5.41, 5.74) is 5.49. The van der Waals surface area contributed by atoms with Crippen molar-refractivity contribution < 1.29 is 9.63 Å². The summed E-state index contributed by atoms with van der Waals surface area (Å²) in [6.45, 7) is 6.08. The van der Waals surface area contributed by atoms with Crippen LogP contribution in [0.25, 0.3) is 10.9 Å². The lowest BCUT2D eigenvalue weighted by Gasteiger charge is -2.35. The van der Waals surface area contributed by atoms with Crippen LogP contribution in [0, 0.1) is 12.8 Å². The number of hydrogen-bond donors (Lipinski definition) is 2. The maximum atomic E-state index is 13.1. The van der Waals surface area contributed by atoms with Crippen LogP contribution < -0.4 is 16.4 Å². The molecule has 1 saturated heterocycles. The minimum absolute atomic E-state index is 0.0151. The third-order valence-corrected chi connectivity index (χ3v) is 6.51. The van der Waals surface area contributed by atoms with Crippen molar-refractivity contribution in [3.05, 3.63) is 39.9 Å². The van der Waals surface area contributed by atoms with Gasteiger partial charge in [0.05, 0.1) is 11.6 Å². The first kappa shape index (κ1) is 20.0. The van der Waals surface area contributed by atoms with E-state index in [1.54, 1.807) is 4.57 Å². The molecule has 0 spiro atoms. The fourth-order valence-corrected chi connectivity index (χ4v) is 4.73. The summed E-state index contributed by atoms with van der Waals surface area (Å²) in [4.78, 5) is 35.4. The summed E-state index contributed by atoms with van der Waals surface area (Å²) in [5, 5.41) is 4.16. The Morgan fingerprint density at radius 3 is 2.79 bits per heavy atom. The van der Waals surface area contributed by atoms with Crippen molar-refractivity contribution in [3.63, 3.8) is 0 Å². The van der Waals surface area contributed by atoms with Gasteiger partial charge >= 0.3 is 0 Å². The lowest BCUT2D eigenvalue weighted by atomic mass is 9.74. The van der Waals surface area contributed by atoms with Gasteiger partial charge in [-0.25, -0.2) is 0 Å². The first-order chi connectivity index (χ1) is 13.8. The number of aryl methyl sites for hydroxylation is 2. The van der Waals surface area contributed by atoms with Crippen molar-refractivity contribution >= 4 is 16.8 Å². The lowest BCUT2D eigenvalue weighted by molar-refractivity contribution is -0.125. The van der Waals surface area contributed by atoms with Gasteiger partial charge in [0.25, 0.3) is 5.56 Å². The van der Waals surface area contributed by atoms with Crippen LogP contribution in [0.1, 0.15) is 56.7 Å². The van der Waals surface area contributed by atoms with Gasteiger partial charge in [-0.05, 0) is 57.1 Å². The molecule has 0 aromatic carbocycles. The van der Waals surface area contributed by atoms with Crippen molar-refractivity contribution in [2.45, 2.75) is 70.6 Å². The number of hydrogen-bond acceptors (Lipinski definition) is 5. The van der Waals surface area contributed by atoms with Crippen molar-refractivity contribution in [1.82, 2.24) is 20.3 Å². The second kappa shape index (κ2) is 7.88. The predicted octanol–water partition coefficient (Wildman–Crippen LogP) is 2.31. The smallest absolute Gasteiger partial charge is 0.254 e. The van der Waals surface area contributed by atoms with Crippen LogP contribution in [0.15, 0.2) is 23.1 Å². The zero-order valence-corrected chi connectivity index (χ0v) is 17.6. The molecule has 1 amide bonds. The Bertz CT molecular complexity index is 986. The van der Waals surface area contributed by atoms with E-state index in [1.807, 2.05) is 39.2 Å². The molecule has 2 N–H and O–H groups in total. The number of aromatic nitrogens is 2. The number of pyridine rings is 2. The summed E-state index contributed by atoms with van der Waals surface area (Å²) in [6, 6.07) is 3.72.